The van der Waals surface area contributed by atoms with Gasteiger partial charge in [0, 0.05) is 0 Å². The largest absolute Gasteiger partial charge is 0.481 e. The van der Waals surface area contributed by atoms with E-state index in [2.05, 4.69) is 0 Å². The van der Waals surface area contributed by atoms with Gasteiger partial charge in [0.1, 0.15) is 0 Å². The van der Waals surface area contributed by atoms with Crippen molar-refractivity contribution < 1.29 is 9.90 Å². The molecule has 1 N–H and O–H groups in total. The first-order valence-corrected chi connectivity index (χ1v) is 3.14. The number of hydrogen-bond acceptors (Lipinski definition) is 1. The zero-order chi connectivity index (χ0) is 7.98. The van der Waals surface area contributed by atoms with Crippen LogP contribution in [-0.2, 0) is 4.79 Å². The van der Waals surface area contributed by atoms with Crippen LogP contribution in [0.2, 0.25) is 0 Å². The molecule has 0 aliphatic carbocycles. The highest BCUT2D eigenvalue weighted by Crippen LogP contribution is 1.90. The normalized spacial score (nSPS) is 9.80. The third kappa shape index (κ3) is 6.95. The Bertz CT molecular complexity index is 162. The Morgan fingerprint density at radius 3 is 2.50 bits per heavy atom. The third-order valence-corrected chi connectivity index (χ3v) is 0.858. The van der Waals surface area contributed by atoms with Crippen molar-refractivity contribution >= 4 is 5.97 Å². The van der Waals surface area contributed by atoms with Gasteiger partial charge in [0.05, 0.1) is 6.42 Å². The number of carboxylic acids is 1. The zero-order valence-corrected chi connectivity index (χ0v) is 6.29. The molecule has 0 atom stereocenters. The Morgan fingerprint density at radius 2 is 2.10 bits per heavy atom. The van der Waals surface area contributed by atoms with Gasteiger partial charge in [-0.25, -0.2) is 0 Å². The fourth-order valence-electron chi connectivity index (χ4n) is 0.429. The molecule has 0 bridgehead atoms. The number of allylic oxidation sites excluding steroid dienone is 3. The molecular weight excluding hydrogens is 128 g/mol. The summed E-state index contributed by atoms with van der Waals surface area (Å²) in [6.07, 6.45) is 5.35. The maximum Gasteiger partial charge on any atom is 0.307 e. The maximum absolute atomic E-state index is 9.97. The average molecular weight is 140 g/mol. The van der Waals surface area contributed by atoms with Crippen LogP contribution in [0.5, 0.6) is 0 Å². The van der Waals surface area contributed by atoms with Crippen molar-refractivity contribution in [1.29, 1.82) is 0 Å². The van der Waals surface area contributed by atoms with E-state index in [9.17, 15) is 4.79 Å². The smallest absolute Gasteiger partial charge is 0.307 e. The standard InChI is InChI=1S/C8H12O2/c1-7(2)5-3-4-6-8(9)10/h3-5H,6H2,1-2H3,(H,9,10)/b4-3+. The van der Waals surface area contributed by atoms with Crippen LogP contribution in [0.15, 0.2) is 23.8 Å². The summed E-state index contributed by atoms with van der Waals surface area (Å²) >= 11 is 0. The lowest BCUT2D eigenvalue weighted by Gasteiger charge is -1.82. The molecule has 0 aromatic rings. The molecule has 0 unspecified atom stereocenters. The number of rotatable bonds is 3. The molecule has 2 nitrogen and oxygen atoms in total. The lowest BCUT2D eigenvalue weighted by molar-refractivity contribution is -0.135. The fourth-order valence-corrected chi connectivity index (χ4v) is 0.429. The van der Waals surface area contributed by atoms with Crippen LogP contribution >= 0.6 is 0 Å². The van der Waals surface area contributed by atoms with Gasteiger partial charge in [-0.3, -0.25) is 4.79 Å². The van der Waals surface area contributed by atoms with E-state index in [1.807, 2.05) is 19.9 Å². The fraction of sp³-hybridized carbons (Fsp3) is 0.375. The van der Waals surface area contributed by atoms with Crippen LogP contribution in [0.1, 0.15) is 20.3 Å². The van der Waals surface area contributed by atoms with Gasteiger partial charge < -0.3 is 5.11 Å². The highest BCUT2D eigenvalue weighted by molar-refractivity contribution is 5.68. The second-order valence-electron chi connectivity index (χ2n) is 2.27. The molecular formula is C8H12O2. The summed E-state index contributed by atoms with van der Waals surface area (Å²) in [6.45, 7) is 3.93. The van der Waals surface area contributed by atoms with Crippen molar-refractivity contribution in [2.75, 3.05) is 0 Å². The number of hydrogen-bond donors (Lipinski definition) is 1. The average Bonchev–Trinajstić information content (AvgIpc) is 1.79. The molecule has 0 fully saturated rings. The second kappa shape index (κ2) is 4.79. The predicted molar refractivity (Wildman–Crippen MR) is 40.8 cm³/mol. The molecule has 10 heavy (non-hydrogen) atoms. The summed E-state index contributed by atoms with van der Waals surface area (Å²) in [6, 6.07) is 0. The van der Waals surface area contributed by atoms with Crippen molar-refractivity contribution in [2.45, 2.75) is 20.3 Å². The summed E-state index contributed by atoms with van der Waals surface area (Å²) < 4.78 is 0. The zero-order valence-electron chi connectivity index (χ0n) is 6.29. The highest BCUT2D eigenvalue weighted by atomic mass is 16.4. The van der Waals surface area contributed by atoms with E-state index in [1.165, 1.54) is 5.57 Å². The molecule has 0 radical (unpaired) electrons. The van der Waals surface area contributed by atoms with E-state index in [-0.39, 0.29) is 6.42 Å². The number of carboxylic acid groups (broad SMARTS) is 1. The number of carbonyl (C=O) groups is 1. The predicted octanol–water partition coefficient (Wildman–Crippen LogP) is 1.98. The van der Waals surface area contributed by atoms with Gasteiger partial charge in [-0.15, -0.1) is 0 Å². The quantitative estimate of drug-likeness (QED) is 0.608. The summed E-state index contributed by atoms with van der Waals surface area (Å²) in [7, 11) is 0. The number of aliphatic carboxylic acids is 1. The van der Waals surface area contributed by atoms with Crippen LogP contribution in [0, 0.1) is 0 Å². The van der Waals surface area contributed by atoms with E-state index in [0.717, 1.165) is 0 Å². The van der Waals surface area contributed by atoms with E-state index in [4.69, 9.17) is 5.11 Å². The SMILES string of the molecule is CC(C)=C/C=C/CC(=O)O. The van der Waals surface area contributed by atoms with Gasteiger partial charge in [-0.2, -0.15) is 0 Å². The molecule has 0 aliphatic rings. The summed E-state index contributed by atoms with van der Waals surface area (Å²) in [5, 5.41) is 8.21. The minimum absolute atomic E-state index is 0.101. The van der Waals surface area contributed by atoms with Crippen LogP contribution in [-0.4, -0.2) is 11.1 Å². The van der Waals surface area contributed by atoms with Crippen molar-refractivity contribution in [3.63, 3.8) is 0 Å². The highest BCUT2D eigenvalue weighted by Gasteiger charge is 1.86. The molecule has 0 saturated carbocycles. The Morgan fingerprint density at radius 1 is 1.50 bits per heavy atom. The van der Waals surface area contributed by atoms with Gasteiger partial charge in [0.25, 0.3) is 0 Å². The van der Waals surface area contributed by atoms with Gasteiger partial charge >= 0.3 is 5.97 Å². The van der Waals surface area contributed by atoms with Crippen molar-refractivity contribution in [2.24, 2.45) is 0 Å². The Hall–Kier alpha value is -1.05. The van der Waals surface area contributed by atoms with Gasteiger partial charge in [0.15, 0.2) is 0 Å². The van der Waals surface area contributed by atoms with Gasteiger partial charge in [-0.05, 0) is 13.8 Å². The molecule has 56 valence electrons. The van der Waals surface area contributed by atoms with Crippen LogP contribution in [0.3, 0.4) is 0 Å². The molecule has 0 aliphatic heterocycles. The third-order valence-electron chi connectivity index (χ3n) is 0.858. The molecule has 0 saturated heterocycles. The Labute approximate surface area is 60.9 Å². The van der Waals surface area contributed by atoms with E-state index < -0.39 is 5.97 Å². The lowest BCUT2D eigenvalue weighted by atomic mass is 10.3. The molecule has 0 heterocycles. The topological polar surface area (TPSA) is 37.3 Å². The molecule has 0 spiro atoms. The molecule has 0 amide bonds. The van der Waals surface area contributed by atoms with Crippen LogP contribution < -0.4 is 0 Å². The summed E-state index contributed by atoms with van der Waals surface area (Å²) in [4.78, 5) is 9.97. The molecule has 2 heteroatoms. The monoisotopic (exact) mass is 140 g/mol. The van der Waals surface area contributed by atoms with Crippen molar-refractivity contribution in [1.82, 2.24) is 0 Å². The van der Waals surface area contributed by atoms with E-state index >= 15 is 0 Å². The Balaban J connectivity index is 3.58. The Kier molecular flexibility index (Phi) is 4.29. The van der Waals surface area contributed by atoms with Gasteiger partial charge in [-0.1, -0.05) is 23.8 Å². The van der Waals surface area contributed by atoms with Crippen LogP contribution in [0.25, 0.3) is 0 Å². The minimum atomic E-state index is -0.793. The summed E-state index contributed by atoms with van der Waals surface area (Å²) in [5.41, 5.74) is 1.17. The summed E-state index contributed by atoms with van der Waals surface area (Å²) in [5.74, 6) is -0.793. The van der Waals surface area contributed by atoms with Gasteiger partial charge in [0.2, 0.25) is 0 Å². The van der Waals surface area contributed by atoms with Crippen molar-refractivity contribution in [3.05, 3.63) is 23.8 Å². The van der Waals surface area contributed by atoms with E-state index in [0.29, 0.717) is 0 Å². The molecule has 0 aromatic heterocycles. The van der Waals surface area contributed by atoms with Crippen molar-refractivity contribution in [3.8, 4) is 0 Å². The first-order valence-electron chi connectivity index (χ1n) is 3.14. The maximum atomic E-state index is 9.97. The molecule has 0 aromatic carbocycles. The first kappa shape index (κ1) is 8.95. The van der Waals surface area contributed by atoms with E-state index in [1.54, 1.807) is 12.2 Å². The lowest BCUT2D eigenvalue weighted by Crippen LogP contribution is -1.89. The second-order valence-corrected chi connectivity index (χ2v) is 2.27. The first-order chi connectivity index (χ1) is 4.63. The molecule has 0 rings (SSSR count). The van der Waals surface area contributed by atoms with Crippen LogP contribution in [0.4, 0.5) is 0 Å². The minimum Gasteiger partial charge on any atom is -0.481 e.